The Hall–Kier alpha value is -3.62. The predicted octanol–water partition coefficient (Wildman–Crippen LogP) is 1.10. The molecule has 0 aliphatic carbocycles. The van der Waals surface area contributed by atoms with E-state index in [2.05, 4.69) is 4.98 Å². The number of nitrogens with zero attached hydrogens (tertiary/aromatic N) is 3. The van der Waals surface area contributed by atoms with Crippen LogP contribution in [0.15, 0.2) is 33.9 Å². The minimum atomic E-state index is -0.684. The monoisotopic (exact) mass is 385 g/mol. The fraction of sp³-hybridized carbons (Fsp3) is 0.263. The molecule has 0 fully saturated rings. The second-order valence-corrected chi connectivity index (χ2v) is 6.02. The quantitative estimate of drug-likeness (QED) is 0.620. The van der Waals surface area contributed by atoms with Crippen LogP contribution in [0.4, 0.5) is 0 Å². The first-order valence-corrected chi connectivity index (χ1v) is 8.25. The Kier molecular flexibility index (Phi) is 4.91. The van der Waals surface area contributed by atoms with E-state index in [0.717, 1.165) is 4.57 Å². The van der Waals surface area contributed by atoms with Gasteiger partial charge in [-0.25, -0.2) is 14.6 Å². The summed E-state index contributed by atoms with van der Waals surface area (Å²) in [5.41, 5.74) is -0.00518. The van der Waals surface area contributed by atoms with E-state index in [1.54, 1.807) is 18.2 Å². The number of rotatable bonds is 4. The van der Waals surface area contributed by atoms with Crippen LogP contribution in [0.1, 0.15) is 10.5 Å². The van der Waals surface area contributed by atoms with Crippen molar-refractivity contribution in [2.75, 3.05) is 21.3 Å². The highest BCUT2D eigenvalue weighted by molar-refractivity contribution is 5.98. The molecule has 28 heavy (non-hydrogen) atoms. The van der Waals surface area contributed by atoms with E-state index in [1.807, 2.05) is 0 Å². The molecule has 2 heterocycles. The number of aryl methyl sites for hydroxylation is 1. The van der Waals surface area contributed by atoms with Crippen molar-refractivity contribution >= 4 is 17.0 Å². The van der Waals surface area contributed by atoms with Crippen LogP contribution in [0, 0.1) is 0 Å². The van der Waals surface area contributed by atoms with Crippen molar-refractivity contribution in [3.05, 3.63) is 50.8 Å². The molecule has 0 aliphatic heterocycles. The highest BCUT2D eigenvalue weighted by Gasteiger charge is 2.20. The van der Waals surface area contributed by atoms with Crippen molar-refractivity contribution in [2.45, 2.75) is 0 Å². The van der Waals surface area contributed by atoms with Crippen molar-refractivity contribution in [3.63, 3.8) is 0 Å². The van der Waals surface area contributed by atoms with Gasteiger partial charge in [-0.15, -0.1) is 0 Å². The fourth-order valence-electron chi connectivity index (χ4n) is 3.00. The Labute approximate surface area is 159 Å². The summed E-state index contributed by atoms with van der Waals surface area (Å²) in [5, 5.41) is 0.199. The lowest BCUT2D eigenvalue weighted by Crippen LogP contribution is -2.37. The highest BCUT2D eigenvalue weighted by atomic mass is 16.5. The number of fused-ring (bicyclic) bond motifs is 1. The third-order valence-corrected chi connectivity index (χ3v) is 4.50. The van der Waals surface area contributed by atoms with Gasteiger partial charge in [-0.3, -0.25) is 13.9 Å². The maximum absolute atomic E-state index is 12.9. The molecule has 3 aromatic rings. The Morgan fingerprint density at radius 1 is 0.964 bits per heavy atom. The third-order valence-electron chi connectivity index (χ3n) is 4.50. The number of aromatic nitrogens is 3. The lowest BCUT2D eigenvalue weighted by molar-refractivity contribution is 0.0594. The minimum absolute atomic E-state index is 0.0250. The van der Waals surface area contributed by atoms with Gasteiger partial charge in [0.15, 0.2) is 22.8 Å². The molecule has 0 N–H and O–H groups in total. The van der Waals surface area contributed by atoms with Gasteiger partial charge in [0.25, 0.3) is 5.56 Å². The molecular formula is C19H19N3O6. The molecular weight excluding hydrogens is 366 g/mol. The van der Waals surface area contributed by atoms with Crippen LogP contribution in [0.25, 0.3) is 22.2 Å². The molecule has 0 bridgehead atoms. The minimum Gasteiger partial charge on any atom is -0.493 e. The van der Waals surface area contributed by atoms with Gasteiger partial charge < -0.3 is 14.2 Å². The molecule has 1 aromatic carbocycles. The largest absolute Gasteiger partial charge is 0.493 e. The molecule has 2 aromatic heterocycles. The second-order valence-electron chi connectivity index (χ2n) is 6.02. The first-order valence-electron chi connectivity index (χ1n) is 8.25. The Balaban J connectivity index is 2.49. The van der Waals surface area contributed by atoms with Crippen LogP contribution in [-0.2, 0) is 18.8 Å². The number of carbonyl (C=O) groups excluding carboxylic acids is 1. The van der Waals surface area contributed by atoms with Gasteiger partial charge in [-0.2, -0.15) is 0 Å². The van der Waals surface area contributed by atoms with Gasteiger partial charge in [0.2, 0.25) is 0 Å². The van der Waals surface area contributed by atoms with Crippen LogP contribution < -0.4 is 20.7 Å². The van der Waals surface area contributed by atoms with Gasteiger partial charge in [0.1, 0.15) is 0 Å². The van der Waals surface area contributed by atoms with Crippen LogP contribution in [0.5, 0.6) is 11.5 Å². The van der Waals surface area contributed by atoms with Crippen molar-refractivity contribution in [1.82, 2.24) is 14.1 Å². The number of hydrogen-bond acceptors (Lipinski definition) is 7. The lowest BCUT2D eigenvalue weighted by Gasteiger charge is -2.14. The number of esters is 1. The number of carbonyl (C=O) groups is 1. The summed E-state index contributed by atoms with van der Waals surface area (Å²) in [6, 6.07) is 6.55. The molecule has 0 amide bonds. The molecule has 0 aliphatic rings. The molecule has 0 unspecified atom stereocenters. The standard InChI is InChI=1S/C19H19N3O6/c1-21-16-15(17(23)22(2)19(21)25)11(9-12(20-16)18(24)28-5)10-6-7-13(26-3)14(8-10)27-4/h6-9H,1-5H3. The van der Waals surface area contributed by atoms with Gasteiger partial charge in [0.05, 0.1) is 26.7 Å². The molecule has 9 nitrogen and oxygen atoms in total. The van der Waals surface area contributed by atoms with E-state index in [0.29, 0.717) is 22.6 Å². The maximum atomic E-state index is 12.9. The number of benzene rings is 1. The molecule has 3 rings (SSSR count). The topological polar surface area (TPSA) is 102 Å². The SMILES string of the molecule is COC(=O)c1cc(-c2ccc(OC)c(OC)c2)c2c(=O)n(C)c(=O)n(C)c2n1. The maximum Gasteiger partial charge on any atom is 0.356 e. The van der Waals surface area contributed by atoms with E-state index >= 15 is 0 Å². The number of pyridine rings is 1. The molecule has 0 atom stereocenters. The number of hydrogen-bond donors (Lipinski definition) is 0. The lowest BCUT2D eigenvalue weighted by atomic mass is 10.0. The first kappa shape index (κ1) is 19.2. The van der Waals surface area contributed by atoms with E-state index in [-0.39, 0.29) is 16.7 Å². The highest BCUT2D eigenvalue weighted by Crippen LogP contribution is 2.34. The number of methoxy groups -OCH3 is 3. The molecule has 0 saturated carbocycles. The molecule has 0 radical (unpaired) electrons. The normalized spacial score (nSPS) is 10.8. The van der Waals surface area contributed by atoms with E-state index in [4.69, 9.17) is 14.2 Å². The summed E-state index contributed by atoms with van der Waals surface area (Å²) < 4.78 is 17.6. The van der Waals surface area contributed by atoms with E-state index < -0.39 is 17.2 Å². The van der Waals surface area contributed by atoms with Gasteiger partial charge >= 0.3 is 11.7 Å². The van der Waals surface area contributed by atoms with Gasteiger partial charge in [-0.1, -0.05) is 6.07 Å². The fourth-order valence-corrected chi connectivity index (χ4v) is 3.00. The Morgan fingerprint density at radius 3 is 2.25 bits per heavy atom. The van der Waals surface area contributed by atoms with Crippen LogP contribution in [-0.4, -0.2) is 41.4 Å². The zero-order valence-electron chi connectivity index (χ0n) is 16.1. The summed E-state index contributed by atoms with van der Waals surface area (Å²) >= 11 is 0. The van der Waals surface area contributed by atoms with Crippen LogP contribution in [0.2, 0.25) is 0 Å². The van der Waals surface area contributed by atoms with Crippen molar-refractivity contribution in [2.24, 2.45) is 14.1 Å². The molecule has 9 heteroatoms. The predicted molar refractivity (Wildman–Crippen MR) is 102 cm³/mol. The van der Waals surface area contributed by atoms with E-state index in [1.165, 1.54) is 46.1 Å². The average molecular weight is 385 g/mol. The van der Waals surface area contributed by atoms with Gasteiger partial charge in [0, 0.05) is 19.7 Å². The second kappa shape index (κ2) is 7.18. The zero-order valence-corrected chi connectivity index (χ0v) is 16.1. The summed E-state index contributed by atoms with van der Waals surface area (Å²) in [5.74, 6) is 0.279. The third kappa shape index (κ3) is 2.90. The van der Waals surface area contributed by atoms with Gasteiger partial charge in [-0.05, 0) is 23.8 Å². The molecule has 0 spiro atoms. The summed E-state index contributed by atoms with van der Waals surface area (Å²) in [7, 11) is 7.11. The summed E-state index contributed by atoms with van der Waals surface area (Å²) in [6.07, 6.45) is 0. The van der Waals surface area contributed by atoms with E-state index in [9.17, 15) is 14.4 Å². The van der Waals surface area contributed by atoms with Crippen molar-refractivity contribution in [1.29, 1.82) is 0 Å². The molecule has 0 saturated heterocycles. The summed E-state index contributed by atoms with van der Waals surface area (Å²) in [6.45, 7) is 0. The smallest absolute Gasteiger partial charge is 0.356 e. The Morgan fingerprint density at radius 2 is 1.64 bits per heavy atom. The van der Waals surface area contributed by atoms with Crippen LogP contribution in [0.3, 0.4) is 0 Å². The van der Waals surface area contributed by atoms with Crippen molar-refractivity contribution < 1.29 is 19.0 Å². The first-order chi connectivity index (χ1) is 13.3. The Bertz CT molecular complexity index is 1210. The summed E-state index contributed by atoms with van der Waals surface area (Å²) in [4.78, 5) is 41.5. The average Bonchev–Trinajstić information content (AvgIpc) is 2.73. The van der Waals surface area contributed by atoms with Crippen LogP contribution >= 0.6 is 0 Å². The molecule has 146 valence electrons. The zero-order chi connectivity index (χ0) is 20.6. The number of ether oxygens (including phenoxy) is 3. The van der Waals surface area contributed by atoms with Crippen molar-refractivity contribution in [3.8, 4) is 22.6 Å².